The Morgan fingerprint density at radius 1 is 1.12 bits per heavy atom. The zero-order chi connectivity index (χ0) is 11.4. The summed E-state index contributed by atoms with van der Waals surface area (Å²) in [4.78, 5) is 8.69. The van der Waals surface area contributed by atoms with Gasteiger partial charge < -0.3 is 9.80 Å². The Balaban J connectivity index is 0.00000144. The van der Waals surface area contributed by atoms with E-state index in [-0.39, 0.29) is 7.43 Å². The molecule has 2 rings (SSSR count). The fraction of sp³-hybridized carbons (Fsp3) is 0.462. The van der Waals surface area contributed by atoms with Crippen LogP contribution in [0.4, 0.5) is 11.4 Å². The molecule has 92 valence electrons. The second-order valence-corrected chi connectivity index (χ2v) is 4.19. The van der Waals surface area contributed by atoms with Gasteiger partial charge in [-0.15, -0.1) is 0 Å². The lowest BCUT2D eigenvalue weighted by atomic mass is 10.2. The highest BCUT2D eigenvalue weighted by Crippen LogP contribution is 2.20. The van der Waals surface area contributed by atoms with E-state index in [0.29, 0.717) is 0 Å². The molecule has 1 heterocycles. The number of likely N-dealkylation sites (N-methyl/N-ethyl adjacent to an activating group) is 1. The van der Waals surface area contributed by atoms with Gasteiger partial charge in [-0.2, -0.15) is 4.99 Å². The summed E-state index contributed by atoms with van der Waals surface area (Å²) in [7, 11) is 2.16. The van der Waals surface area contributed by atoms with Crippen LogP contribution >= 0.6 is 12.2 Å². The Labute approximate surface area is 109 Å². The van der Waals surface area contributed by atoms with Crippen molar-refractivity contribution in [1.29, 1.82) is 0 Å². The number of rotatable bonds is 2. The summed E-state index contributed by atoms with van der Waals surface area (Å²) in [6, 6.07) is 8.15. The van der Waals surface area contributed by atoms with Crippen molar-refractivity contribution in [3.63, 3.8) is 0 Å². The molecule has 0 unspecified atom stereocenters. The van der Waals surface area contributed by atoms with Crippen LogP contribution in [0.3, 0.4) is 0 Å². The predicted molar refractivity (Wildman–Crippen MR) is 77.6 cm³/mol. The number of benzene rings is 1. The van der Waals surface area contributed by atoms with Crippen molar-refractivity contribution in [3.05, 3.63) is 24.3 Å². The molecule has 0 spiro atoms. The highest BCUT2D eigenvalue weighted by Gasteiger charge is 2.13. The molecule has 0 amide bonds. The van der Waals surface area contributed by atoms with Crippen molar-refractivity contribution in [2.24, 2.45) is 4.99 Å². The quantitative estimate of drug-likeness (QED) is 0.593. The van der Waals surface area contributed by atoms with Crippen LogP contribution in [0.5, 0.6) is 0 Å². The topological polar surface area (TPSA) is 18.8 Å². The van der Waals surface area contributed by atoms with Gasteiger partial charge in [0, 0.05) is 31.9 Å². The van der Waals surface area contributed by atoms with Gasteiger partial charge in [0.05, 0.1) is 10.8 Å². The van der Waals surface area contributed by atoms with Crippen molar-refractivity contribution in [3.8, 4) is 0 Å². The highest BCUT2D eigenvalue weighted by atomic mass is 32.1. The van der Waals surface area contributed by atoms with Crippen LogP contribution in [0.1, 0.15) is 7.43 Å². The van der Waals surface area contributed by atoms with Crippen molar-refractivity contribution in [1.82, 2.24) is 4.90 Å². The predicted octanol–water partition coefficient (Wildman–Crippen LogP) is 2.81. The lowest BCUT2D eigenvalue weighted by Crippen LogP contribution is -2.44. The summed E-state index contributed by atoms with van der Waals surface area (Å²) in [5, 5.41) is 2.38. The van der Waals surface area contributed by atoms with Crippen LogP contribution in [0.15, 0.2) is 29.3 Å². The van der Waals surface area contributed by atoms with E-state index < -0.39 is 0 Å². The van der Waals surface area contributed by atoms with Crippen molar-refractivity contribution >= 4 is 28.8 Å². The first kappa shape index (κ1) is 13.8. The molecule has 1 fully saturated rings. The molecule has 1 aromatic carbocycles. The Kier molecular flexibility index (Phi) is 5.29. The van der Waals surface area contributed by atoms with Crippen LogP contribution in [0, 0.1) is 0 Å². The molecule has 1 aromatic rings. The fourth-order valence-electron chi connectivity index (χ4n) is 1.86. The summed E-state index contributed by atoms with van der Waals surface area (Å²) >= 11 is 4.57. The van der Waals surface area contributed by atoms with E-state index >= 15 is 0 Å². The van der Waals surface area contributed by atoms with Gasteiger partial charge in [-0.05, 0) is 43.5 Å². The van der Waals surface area contributed by atoms with Gasteiger partial charge >= 0.3 is 0 Å². The van der Waals surface area contributed by atoms with Crippen LogP contribution in [-0.2, 0) is 0 Å². The van der Waals surface area contributed by atoms with Gasteiger partial charge in [-0.3, -0.25) is 0 Å². The molecule has 3 nitrogen and oxygen atoms in total. The molecule has 0 atom stereocenters. The first-order valence-corrected chi connectivity index (χ1v) is 5.82. The van der Waals surface area contributed by atoms with Gasteiger partial charge in [0.15, 0.2) is 0 Å². The Hall–Kier alpha value is -1.22. The molecule has 17 heavy (non-hydrogen) atoms. The normalized spacial score (nSPS) is 15.9. The minimum absolute atomic E-state index is 0. The minimum atomic E-state index is 0. The highest BCUT2D eigenvalue weighted by molar-refractivity contribution is 7.78. The smallest absolute Gasteiger partial charge is 0.0741 e. The van der Waals surface area contributed by atoms with Crippen LogP contribution in [-0.4, -0.2) is 43.3 Å². The molecule has 4 heteroatoms. The number of hydrogen-bond donors (Lipinski definition) is 0. The number of hydrogen-bond acceptors (Lipinski definition) is 4. The molecule has 0 aromatic heterocycles. The molecule has 1 saturated heterocycles. The number of anilines is 1. The maximum Gasteiger partial charge on any atom is 0.0741 e. The lowest BCUT2D eigenvalue weighted by molar-refractivity contribution is 0.313. The average Bonchev–Trinajstić information content (AvgIpc) is 2.32. The largest absolute Gasteiger partial charge is 0.369 e. The average molecular weight is 249 g/mol. The third kappa shape index (κ3) is 3.63. The molecule has 0 radical (unpaired) electrons. The minimum Gasteiger partial charge on any atom is -0.369 e. The van der Waals surface area contributed by atoms with Crippen molar-refractivity contribution in [2.45, 2.75) is 7.43 Å². The Morgan fingerprint density at radius 3 is 2.24 bits per heavy atom. The molecule has 1 aliphatic heterocycles. The third-order valence-corrected chi connectivity index (χ3v) is 2.98. The third-order valence-electron chi connectivity index (χ3n) is 2.89. The molecule has 0 saturated carbocycles. The SMILES string of the molecule is C.CN1CCN(c2ccc(N=C=S)cc2)CC1. The van der Waals surface area contributed by atoms with Gasteiger partial charge in [0.2, 0.25) is 0 Å². The molecule has 0 N–H and O–H groups in total. The summed E-state index contributed by atoms with van der Waals surface area (Å²) in [6.45, 7) is 4.43. The molecular weight excluding hydrogens is 230 g/mol. The summed E-state index contributed by atoms with van der Waals surface area (Å²) < 4.78 is 0. The maximum absolute atomic E-state index is 4.57. The first-order valence-electron chi connectivity index (χ1n) is 5.41. The van der Waals surface area contributed by atoms with Gasteiger partial charge in [0.1, 0.15) is 0 Å². The van der Waals surface area contributed by atoms with Crippen molar-refractivity contribution < 1.29 is 0 Å². The van der Waals surface area contributed by atoms with E-state index in [2.05, 4.69) is 51.4 Å². The van der Waals surface area contributed by atoms with Gasteiger partial charge in [-0.25, -0.2) is 0 Å². The summed E-state index contributed by atoms with van der Waals surface area (Å²) in [5.41, 5.74) is 2.13. The molecule has 1 aliphatic rings. The molecule has 0 bridgehead atoms. The van der Waals surface area contributed by atoms with Crippen LogP contribution in [0.2, 0.25) is 0 Å². The zero-order valence-corrected chi connectivity index (χ0v) is 10.2. The standard InChI is InChI=1S/C12H15N3S.CH4/c1-14-6-8-15(9-7-14)12-4-2-11(3-5-12)13-10-16;/h2-5H,6-9H2,1H3;1H4. The van der Waals surface area contributed by atoms with Gasteiger partial charge in [-0.1, -0.05) is 7.43 Å². The monoisotopic (exact) mass is 249 g/mol. The van der Waals surface area contributed by atoms with E-state index in [0.717, 1.165) is 31.9 Å². The molecule has 0 aliphatic carbocycles. The number of thiocarbonyl (C=S) groups is 1. The lowest BCUT2D eigenvalue weighted by Gasteiger charge is -2.34. The Bertz CT molecular complexity index is 388. The maximum atomic E-state index is 4.57. The van der Waals surface area contributed by atoms with E-state index in [9.17, 15) is 0 Å². The van der Waals surface area contributed by atoms with E-state index in [4.69, 9.17) is 0 Å². The second kappa shape index (κ2) is 6.50. The Morgan fingerprint density at radius 2 is 1.71 bits per heavy atom. The van der Waals surface area contributed by atoms with Crippen molar-refractivity contribution in [2.75, 3.05) is 38.1 Å². The van der Waals surface area contributed by atoms with E-state index in [1.54, 1.807) is 0 Å². The van der Waals surface area contributed by atoms with E-state index in [1.807, 2.05) is 12.1 Å². The van der Waals surface area contributed by atoms with Crippen LogP contribution < -0.4 is 4.90 Å². The van der Waals surface area contributed by atoms with Crippen LogP contribution in [0.25, 0.3) is 0 Å². The number of isothiocyanates is 1. The second-order valence-electron chi connectivity index (χ2n) is 4.01. The number of aliphatic imine (C=N–C) groups is 1. The number of nitrogens with zero attached hydrogens (tertiary/aromatic N) is 3. The number of piperazine rings is 1. The summed E-state index contributed by atoms with van der Waals surface area (Å²) in [5.74, 6) is 0. The summed E-state index contributed by atoms with van der Waals surface area (Å²) in [6.07, 6.45) is 0. The molecular formula is C13H19N3S. The van der Waals surface area contributed by atoms with Gasteiger partial charge in [0.25, 0.3) is 0 Å². The zero-order valence-electron chi connectivity index (χ0n) is 9.39. The fourth-order valence-corrected chi connectivity index (χ4v) is 1.96. The van der Waals surface area contributed by atoms with E-state index in [1.165, 1.54) is 5.69 Å². The first-order chi connectivity index (χ1) is 7.79.